The molecule has 0 aliphatic rings. The molecule has 0 saturated carbocycles. The highest BCUT2D eigenvalue weighted by Crippen LogP contribution is 2.28. The number of hydrogen-bond donors (Lipinski definition) is 2. The lowest BCUT2D eigenvalue weighted by Crippen LogP contribution is -2.20. The third kappa shape index (κ3) is 5.79. The van der Waals surface area contributed by atoms with Crippen molar-refractivity contribution in [3.63, 3.8) is 0 Å². The number of nitrogens with one attached hydrogen (secondary N) is 1. The first-order valence-electron chi connectivity index (χ1n) is 10.0. The van der Waals surface area contributed by atoms with E-state index >= 15 is 0 Å². The van der Waals surface area contributed by atoms with E-state index < -0.39 is 0 Å². The highest BCUT2D eigenvalue weighted by molar-refractivity contribution is 7.99. The molecule has 3 aromatic carbocycles. The second kappa shape index (κ2) is 10.3. The minimum Gasteiger partial charge on any atom is -0.508 e. The van der Waals surface area contributed by atoms with Gasteiger partial charge in [0.1, 0.15) is 5.75 Å². The van der Waals surface area contributed by atoms with Crippen molar-refractivity contribution in [1.29, 1.82) is 0 Å². The van der Waals surface area contributed by atoms with Gasteiger partial charge in [0.05, 0.1) is 12.0 Å². The fourth-order valence-corrected chi connectivity index (χ4v) is 3.85. The standard InChI is InChI=1S/C24H20ClN5O2S/c1-16-2-10-20(11-3-16)30-23(18-6-8-19(25)9-7-18)28-29-24(30)33-15-22(32)27-26-14-17-4-12-21(31)13-5-17/h2-14,31H,15H2,1H3,(H,27,32). The van der Waals surface area contributed by atoms with E-state index in [1.807, 2.05) is 47.9 Å². The number of carbonyl (C=O) groups is 1. The summed E-state index contributed by atoms with van der Waals surface area (Å²) in [6, 6.07) is 21.9. The maximum absolute atomic E-state index is 12.3. The van der Waals surface area contributed by atoms with Gasteiger partial charge in [-0.25, -0.2) is 5.43 Å². The maximum atomic E-state index is 12.3. The van der Waals surface area contributed by atoms with Crippen molar-refractivity contribution in [3.05, 3.63) is 88.9 Å². The molecule has 166 valence electrons. The normalized spacial score (nSPS) is 11.1. The Morgan fingerprint density at radius 1 is 1.06 bits per heavy atom. The first kappa shape index (κ1) is 22.6. The first-order chi connectivity index (χ1) is 16.0. The van der Waals surface area contributed by atoms with Crippen LogP contribution < -0.4 is 5.43 Å². The van der Waals surface area contributed by atoms with Gasteiger partial charge in [-0.3, -0.25) is 9.36 Å². The molecular weight excluding hydrogens is 458 g/mol. The number of thioether (sulfide) groups is 1. The summed E-state index contributed by atoms with van der Waals surface area (Å²) in [5, 5.41) is 23.2. The zero-order chi connectivity index (χ0) is 23.2. The van der Waals surface area contributed by atoms with Crippen molar-refractivity contribution < 1.29 is 9.90 Å². The molecule has 0 saturated heterocycles. The number of halogens is 1. The minimum absolute atomic E-state index is 0.109. The number of rotatable bonds is 7. The average Bonchev–Trinajstić information content (AvgIpc) is 3.24. The van der Waals surface area contributed by atoms with E-state index in [4.69, 9.17) is 11.6 Å². The molecule has 1 amide bonds. The number of hydrazone groups is 1. The molecule has 7 nitrogen and oxygen atoms in total. The second-order valence-electron chi connectivity index (χ2n) is 7.16. The van der Waals surface area contributed by atoms with Gasteiger partial charge in [-0.2, -0.15) is 5.10 Å². The average molecular weight is 478 g/mol. The zero-order valence-corrected chi connectivity index (χ0v) is 19.2. The number of amides is 1. The molecule has 0 aliphatic heterocycles. The smallest absolute Gasteiger partial charge is 0.250 e. The molecule has 1 aromatic heterocycles. The van der Waals surface area contributed by atoms with E-state index in [1.165, 1.54) is 18.0 Å². The molecule has 2 N–H and O–H groups in total. The largest absolute Gasteiger partial charge is 0.508 e. The molecule has 9 heteroatoms. The van der Waals surface area contributed by atoms with Gasteiger partial charge < -0.3 is 5.11 Å². The molecule has 0 unspecified atom stereocenters. The monoisotopic (exact) mass is 477 g/mol. The lowest BCUT2D eigenvalue weighted by molar-refractivity contribution is -0.118. The number of aryl methyl sites for hydroxylation is 1. The van der Waals surface area contributed by atoms with E-state index in [2.05, 4.69) is 20.7 Å². The Morgan fingerprint density at radius 2 is 1.76 bits per heavy atom. The maximum Gasteiger partial charge on any atom is 0.250 e. The number of carbonyl (C=O) groups excluding carboxylic acids is 1. The van der Waals surface area contributed by atoms with E-state index in [9.17, 15) is 9.90 Å². The number of phenolic OH excluding ortho intramolecular Hbond substituents is 1. The lowest BCUT2D eigenvalue weighted by atomic mass is 10.2. The second-order valence-corrected chi connectivity index (χ2v) is 8.54. The summed E-state index contributed by atoms with van der Waals surface area (Å²) < 4.78 is 1.92. The molecule has 1 heterocycles. The van der Waals surface area contributed by atoms with Crippen LogP contribution in [0.1, 0.15) is 11.1 Å². The first-order valence-corrected chi connectivity index (χ1v) is 11.4. The molecule has 0 radical (unpaired) electrons. The fourth-order valence-electron chi connectivity index (χ4n) is 2.98. The fraction of sp³-hybridized carbons (Fsp3) is 0.0833. The summed E-state index contributed by atoms with van der Waals surface area (Å²) >= 11 is 7.30. The van der Waals surface area contributed by atoms with Crippen LogP contribution in [0.5, 0.6) is 5.75 Å². The van der Waals surface area contributed by atoms with Crippen molar-refractivity contribution in [2.45, 2.75) is 12.1 Å². The number of aromatic hydroxyl groups is 1. The zero-order valence-electron chi connectivity index (χ0n) is 17.6. The number of hydrogen-bond acceptors (Lipinski definition) is 6. The van der Waals surface area contributed by atoms with Gasteiger partial charge >= 0.3 is 0 Å². The van der Waals surface area contributed by atoms with Crippen molar-refractivity contribution in [3.8, 4) is 22.8 Å². The molecule has 0 atom stereocenters. The molecule has 0 bridgehead atoms. The highest BCUT2D eigenvalue weighted by atomic mass is 35.5. The van der Waals surface area contributed by atoms with Crippen molar-refractivity contribution in [1.82, 2.24) is 20.2 Å². The van der Waals surface area contributed by atoms with Crippen LogP contribution in [0, 0.1) is 6.92 Å². The lowest BCUT2D eigenvalue weighted by Gasteiger charge is -2.10. The van der Waals surface area contributed by atoms with E-state index in [1.54, 1.807) is 36.4 Å². The summed E-state index contributed by atoms with van der Waals surface area (Å²) in [7, 11) is 0. The molecular formula is C24H20ClN5O2S. The van der Waals surface area contributed by atoms with Gasteiger partial charge in [-0.05, 0) is 73.2 Å². The predicted octanol–water partition coefficient (Wildman–Crippen LogP) is 4.84. The number of aromatic nitrogens is 3. The van der Waals surface area contributed by atoms with Gasteiger partial charge in [0.2, 0.25) is 0 Å². The van der Waals surface area contributed by atoms with Crippen molar-refractivity contribution >= 4 is 35.5 Å². The van der Waals surface area contributed by atoms with Crippen LogP contribution in [0.25, 0.3) is 17.1 Å². The quantitative estimate of drug-likeness (QED) is 0.225. The Kier molecular flexibility index (Phi) is 7.07. The van der Waals surface area contributed by atoms with Crippen LogP contribution in [-0.4, -0.2) is 37.7 Å². The van der Waals surface area contributed by atoms with Gasteiger partial charge in [0.15, 0.2) is 11.0 Å². The summed E-state index contributed by atoms with van der Waals surface area (Å²) in [6.45, 7) is 2.02. The summed E-state index contributed by atoms with van der Waals surface area (Å²) in [5.74, 6) is 0.658. The van der Waals surface area contributed by atoms with Crippen LogP contribution >= 0.6 is 23.4 Å². The molecule has 0 aliphatic carbocycles. The van der Waals surface area contributed by atoms with Crippen LogP contribution in [0.15, 0.2) is 83.1 Å². The topological polar surface area (TPSA) is 92.4 Å². The predicted molar refractivity (Wildman–Crippen MR) is 131 cm³/mol. The van der Waals surface area contributed by atoms with Gasteiger partial charge in [-0.15, -0.1) is 10.2 Å². The summed E-state index contributed by atoms with van der Waals surface area (Å²) in [6.07, 6.45) is 1.51. The SMILES string of the molecule is Cc1ccc(-n2c(SCC(=O)NN=Cc3ccc(O)cc3)nnc2-c2ccc(Cl)cc2)cc1. The van der Waals surface area contributed by atoms with Crippen molar-refractivity contribution in [2.24, 2.45) is 5.10 Å². The third-order valence-electron chi connectivity index (χ3n) is 4.66. The van der Waals surface area contributed by atoms with Crippen LogP contribution in [-0.2, 0) is 4.79 Å². The van der Waals surface area contributed by atoms with Gasteiger partial charge in [0, 0.05) is 16.3 Å². The summed E-state index contributed by atoms with van der Waals surface area (Å²) in [4.78, 5) is 12.3. The van der Waals surface area contributed by atoms with Crippen LogP contribution in [0.2, 0.25) is 5.02 Å². The molecule has 0 fully saturated rings. The van der Waals surface area contributed by atoms with Crippen molar-refractivity contribution in [2.75, 3.05) is 5.75 Å². The Labute approximate surface area is 200 Å². The Bertz CT molecular complexity index is 1270. The Hall–Kier alpha value is -3.62. The van der Waals surface area contributed by atoms with E-state index in [-0.39, 0.29) is 17.4 Å². The number of phenols is 1. The minimum atomic E-state index is -0.276. The van der Waals surface area contributed by atoms with Crippen LogP contribution in [0.3, 0.4) is 0 Å². The van der Waals surface area contributed by atoms with Crippen LogP contribution in [0.4, 0.5) is 0 Å². The number of benzene rings is 3. The van der Waals surface area contributed by atoms with Gasteiger partial charge in [-0.1, -0.05) is 41.1 Å². The number of nitrogens with zero attached hydrogens (tertiary/aromatic N) is 4. The Morgan fingerprint density at radius 3 is 2.45 bits per heavy atom. The third-order valence-corrected chi connectivity index (χ3v) is 5.84. The highest BCUT2D eigenvalue weighted by Gasteiger charge is 2.17. The molecule has 4 rings (SSSR count). The molecule has 33 heavy (non-hydrogen) atoms. The van der Waals surface area contributed by atoms with E-state index in [0.29, 0.717) is 16.0 Å². The molecule has 0 spiro atoms. The molecule has 4 aromatic rings. The van der Waals surface area contributed by atoms with Gasteiger partial charge in [0.25, 0.3) is 5.91 Å². The Balaban J connectivity index is 1.51. The van der Waals surface area contributed by atoms with E-state index in [0.717, 1.165) is 22.4 Å². The summed E-state index contributed by atoms with van der Waals surface area (Å²) in [5.41, 5.74) is 6.15.